The maximum absolute atomic E-state index is 3.76. The molecule has 96 valence electrons. The summed E-state index contributed by atoms with van der Waals surface area (Å²) < 4.78 is 0. The van der Waals surface area contributed by atoms with Gasteiger partial charge in [-0.25, -0.2) is 0 Å². The van der Waals surface area contributed by atoms with E-state index in [1.807, 2.05) is 11.3 Å². The van der Waals surface area contributed by atoms with Crippen LogP contribution in [0.5, 0.6) is 0 Å². The van der Waals surface area contributed by atoms with Gasteiger partial charge in [0.15, 0.2) is 0 Å². The van der Waals surface area contributed by atoms with Gasteiger partial charge in [-0.2, -0.15) is 0 Å². The van der Waals surface area contributed by atoms with Crippen molar-refractivity contribution in [3.05, 3.63) is 22.4 Å². The van der Waals surface area contributed by atoms with Crippen molar-refractivity contribution >= 4 is 11.3 Å². The number of nitrogens with one attached hydrogen (secondary N) is 2. The smallest absolute Gasteiger partial charge is 0.0414 e. The zero-order chi connectivity index (χ0) is 11.9. The molecule has 0 aliphatic carbocycles. The quantitative estimate of drug-likeness (QED) is 0.812. The van der Waals surface area contributed by atoms with Gasteiger partial charge >= 0.3 is 0 Å². The molecule has 1 aromatic heterocycles. The summed E-state index contributed by atoms with van der Waals surface area (Å²) in [6.07, 6.45) is 5.21. The second kappa shape index (κ2) is 7.14. The van der Waals surface area contributed by atoms with Gasteiger partial charge < -0.3 is 10.6 Å². The molecule has 2 rings (SSSR count). The second-order valence-electron chi connectivity index (χ2n) is 4.98. The molecule has 1 saturated heterocycles. The average Bonchev–Trinajstić information content (AvgIpc) is 2.89. The summed E-state index contributed by atoms with van der Waals surface area (Å²) >= 11 is 1.88. The normalized spacial score (nSPS) is 22.5. The van der Waals surface area contributed by atoms with Crippen LogP contribution in [0.3, 0.4) is 0 Å². The molecule has 0 amide bonds. The summed E-state index contributed by atoms with van der Waals surface area (Å²) in [6, 6.07) is 4.99. The zero-order valence-electron chi connectivity index (χ0n) is 10.7. The molecule has 0 aromatic carbocycles. The first kappa shape index (κ1) is 13.1. The Morgan fingerprint density at radius 3 is 3.18 bits per heavy atom. The zero-order valence-corrected chi connectivity index (χ0v) is 11.6. The Morgan fingerprint density at radius 2 is 2.53 bits per heavy atom. The van der Waals surface area contributed by atoms with Crippen LogP contribution in [0.15, 0.2) is 17.5 Å². The summed E-state index contributed by atoms with van der Waals surface area (Å²) in [5.41, 5.74) is 0. The lowest BCUT2D eigenvalue weighted by Gasteiger charge is -2.25. The highest BCUT2D eigenvalue weighted by Crippen LogP contribution is 2.23. The van der Waals surface area contributed by atoms with E-state index in [0.717, 1.165) is 12.5 Å². The number of piperidine rings is 1. The van der Waals surface area contributed by atoms with Gasteiger partial charge in [0.1, 0.15) is 0 Å². The molecule has 1 aliphatic heterocycles. The van der Waals surface area contributed by atoms with E-state index in [2.05, 4.69) is 35.1 Å². The highest BCUT2D eigenvalue weighted by atomic mass is 32.1. The summed E-state index contributed by atoms with van der Waals surface area (Å²) in [5, 5.41) is 9.43. The third-order valence-corrected chi connectivity index (χ3v) is 4.50. The SMILES string of the molecule is CCCC(NCC1CCCNC1)c1cccs1. The Labute approximate surface area is 109 Å². The van der Waals surface area contributed by atoms with Crippen LogP contribution in [0, 0.1) is 5.92 Å². The van der Waals surface area contributed by atoms with Gasteiger partial charge in [-0.3, -0.25) is 0 Å². The Bertz CT molecular complexity index is 291. The van der Waals surface area contributed by atoms with Crippen molar-refractivity contribution in [3.63, 3.8) is 0 Å². The van der Waals surface area contributed by atoms with E-state index in [9.17, 15) is 0 Å². The molecular weight excluding hydrogens is 228 g/mol. The van der Waals surface area contributed by atoms with Gasteiger partial charge in [-0.1, -0.05) is 19.4 Å². The number of thiophene rings is 1. The van der Waals surface area contributed by atoms with Gasteiger partial charge in [-0.05, 0) is 56.3 Å². The lowest BCUT2D eigenvalue weighted by molar-refractivity contribution is 0.340. The third kappa shape index (κ3) is 4.09. The van der Waals surface area contributed by atoms with Crippen molar-refractivity contribution < 1.29 is 0 Å². The largest absolute Gasteiger partial charge is 0.316 e. The lowest BCUT2D eigenvalue weighted by atomic mass is 9.99. The van der Waals surface area contributed by atoms with Crippen LogP contribution in [0.1, 0.15) is 43.5 Å². The monoisotopic (exact) mass is 252 g/mol. The van der Waals surface area contributed by atoms with E-state index < -0.39 is 0 Å². The molecule has 2 nitrogen and oxygen atoms in total. The van der Waals surface area contributed by atoms with Gasteiger partial charge in [0.05, 0.1) is 0 Å². The Balaban J connectivity index is 1.81. The lowest BCUT2D eigenvalue weighted by Crippen LogP contribution is -2.37. The Morgan fingerprint density at radius 1 is 1.59 bits per heavy atom. The molecule has 3 heteroatoms. The van der Waals surface area contributed by atoms with E-state index >= 15 is 0 Å². The van der Waals surface area contributed by atoms with Crippen LogP contribution in [-0.2, 0) is 0 Å². The molecule has 17 heavy (non-hydrogen) atoms. The molecule has 1 aliphatic rings. The van der Waals surface area contributed by atoms with Gasteiger partial charge in [0.2, 0.25) is 0 Å². The first-order valence-electron chi connectivity index (χ1n) is 6.87. The maximum atomic E-state index is 3.76. The fourth-order valence-electron chi connectivity index (χ4n) is 2.53. The average molecular weight is 252 g/mol. The molecule has 2 heterocycles. The number of hydrogen-bond acceptors (Lipinski definition) is 3. The fraction of sp³-hybridized carbons (Fsp3) is 0.714. The van der Waals surface area contributed by atoms with Crippen LogP contribution in [-0.4, -0.2) is 19.6 Å². The number of rotatable bonds is 6. The summed E-state index contributed by atoms with van der Waals surface area (Å²) in [5.74, 6) is 0.822. The molecule has 1 aromatic rings. The highest BCUT2D eigenvalue weighted by Gasteiger charge is 2.16. The van der Waals surface area contributed by atoms with Crippen LogP contribution in [0.25, 0.3) is 0 Å². The topological polar surface area (TPSA) is 24.1 Å². The van der Waals surface area contributed by atoms with Gasteiger partial charge in [0, 0.05) is 10.9 Å². The predicted octanol–water partition coefficient (Wildman–Crippen LogP) is 3.18. The van der Waals surface area contributed by atoms with Crippen LogP contribution >= 0.6 is 11.3 Å². The standard InChI is InChI=1S/C14H24N2S/c1-2-5-13(14-7-4-9-17-14)16-11-12-6-3-8-15-10-12/h4,7,9,12-13,15-16H,2-3,5-6,8,10-11H2,1H3. The first-order valence-corrected chi connectivity index (χ1v) is 7.75. The predicted molar refractivity (Wildman–Crippen MR) is 75.6 cm³/mol. The fourth-order valence-corrected chi connectivity index (χ4v) is 3.37. The molecule has 2 atom stereocenters. The number of hydrogen-bond donors (Lipinski definition) is 2. The van der Waals surface area contributed by atoms with E-state index in [0.29, 0.717) is 6.04 Å². The third-order valence-electron chi connectivity index (χ3n) is 3.52. The van der Waals surface area contributed by atoms with Crippen molar-refractivity contribution in [3.8, 4) is 0 Å². The van der Waals surface area contributed by atoms with Gasteiger partial charge in [0.25, 0.3) is 0 Å². The van der Waals surface area contributed by atoms with E-state index in [1.54, 1.807) is 0 Å². The molecule has 2 N–H and O–H groups in total. The highest BCUT2D eigenvalue weighted by molar-refractivity contribution is 7.10. The summed E-state index contributed by atoms with van der Waals surface area (Å²) in [4.78, 5) is 1.50. The maximum Gasteiger partial charge on any atom is 0.0414 e. The molecule has 0 bridgehead atoms. The minimum atomic E-state index is 0.571. The van der Waals surface area contributed by atoms with E-state index in [1.165, 1.54) is 43.6 Å². The minimum absolute atomic E-state index is 0.571. The summed E-state index contributed by atoms with van der Waals surface area (Å²) in [6.45, 7) is 5.83. The van der Waals surface area contributed by atoms with Crippen LogP contribution < -0.4 is 10.6 Å². The van der Waals surface area contributed by atoms with Crippen LogP contribution in [0.4, 0.5) is 0 Å². The molecule has 2 unspecified atom stereocenters. The van der Waals surface area contributed by atoms with Gasteiger partial charge in [-0.15, -0.1) is 11.3 Å². The first-order chi connectivity index (χ1) is 8.40. The van der Waals surface area contributed by atoms with Crippen molar-refractivity contribution in [2.24, 2.45) is 5.92 Å². The Hall–Kier alpha value is -0.380. The molecule has 0 saturated carbocycles. The Kier molecular flexibility index (Phi) is 5.49. The molecule has 0 spiro atoms. The van der Waals surface area contributed by atoms with E-state index in [-0.39, 0.29) is 0 Å². The van der Waals surface area contributed by atoms with E-state index in [4.69, 9.17) is 0 Å². The molecule has 0 radical (unpaired) electrons. The van der Waals surface area contributed by atoms with Crippen molar-refractivity contribution in [2.45, 2.75) is 38.6 Å². The minimum Gasteiger partial charge on any atom is -0.316 e. The van der Waals surface area contributed by atoms with Crippen molar-refractivity contribution in [1.82, 2.24) is 10.6 Å². The molecule has 1 fully saturated rings. The van der Waals surface area contributed by atoms with Crippen LogP contribution in [0.2, 0.25) is 0 Å². The van der Waals surface area contributed by atoms with Crippen molar-refractivity contribution in [2.75, 3.05) is 19.6 Å². The van der Waals surface area contributed by atoms with Crippen molar-refractivity contribution in [1.29, 1.82) is 0 Å². The summed E-state index contributed by atoms with van der Waals surface area (Å²) in [7, 11) is 0. The molecular formula is C14H24N2S. The second-order valence-corrected chi connectivity index (χ2v) is 5.96.